The molecule has 1 aromatic heterocycles. The molecule has 0 radical (unpaired) electrons. The van der Waals surface area contributed by atoms with E-state index in [2.05, 4.69) is 18.0 Å². The Labute approximate surface area is 139 Å². The molecule has 0 fully saturated rings. The normalized spacial score (nSPS) is 16.6. The number of carbonyl (C=O) groups is 1. The quantitative estimate of drug-likeness (QED) is 0.760. The minimum absolute atomic E-state index is 0.0351. The van der Waals surface area contributed by atoms with E-state index in [1.54, 1.807) is 17.0 Å². The molecule has 1 aliphatic heterocycles. The Bertz CT molecular complexity index is 741. The van der Waals surface area contributed by atoms with Gasteiger partial charge in [0, 0.05) is 12.6 Å². The van der Waals surface area contributed by atoms with Crippen molar-refractivity contribution in [2.24, 2.45) is 0 Å². The lowest BCUT2D eigenvalue weighted by atomic mass is 10.1. The third kappa shape index (κ3) is 3.64. The van der Waals surface area contributed by atoms with Gasteiger partial charge in [-0.15, -0.1) is 0 Å². The van der Waals surface area contributed by atoms with Crippen LogP contribution in [0.2, 0.25) is 0 Å². The molecule has 0 bridgehead atoms. The number of benzene rings is 1. The fraction of sp³-hybridized carbons (Fsp3) is 0.333. The van der Waals surface area contributed by atoms with Gasteiger partial charge in [-0.25, -0.2) is 9.37 Å². The number of carbonyl (C=O) groups excluding carboxylic acids is 1. The molecule has 0 saturated heterocycles. The highest BCUT2D eigenvalue weighted by Gasteiger charge is 2.27. The highest BCUT2D eigenvalue weighted by Crippen LogP contribution is 2.19. The molecule has 0 aliphatic carbocycles. The number of aromatic nitrogens is 1. The van der Waals surface area contributed by atoms with E-state index in [1.165, 1.54) is 18.4 Å². The number of oxazole rings is 1. The van der Waals surface area contributed by atoms with E-state index in [0.717, 1.165) is 12.8 Å². The summed E-state index contributed by atoms with van der Waals surface area (Å²) in [5.41, 5.74) is 0.262. The molecule has 1 atom stereocenters. The molecule has 126 valence electrons. The zero-order chi connectivity index (χ0) is 16.9. The molecule has 24 heavy (non-hydrogen) atoms. The summed E-state index contributed by atoms with van der Waals surface area (Å²) in [4.78, 5) is 18.5. The van der Waals surface area contributed by atoms with Gasteiger partial charge in [0.25, 0.3) is 5.91 Å². The number of rotatable bonds is 6. The van der Waals surface area contributed by atoms with Crippen molar-refractivity contribution in [1.29, 1.82) is 0 Å². The third-order valence-corrected chi connectivity index (χ3v) is 3.84. The molecule has 0 unspecified atom stereocenters. The van der Waals surface area contributed by atoms with Crippen LogP contribution in [-0.2, 0) is 6.61 Å². The van der Waals surface area contributed by atoms with E-state index in [0.29, 0.717) is 12.3 Å². The molecule has 2 aromatic rings. The molecule has 6 heteroatoms. The summed E-state index contributed by atoms with van der Waals surface area (Å²) in [5, 5.41) is 0. The van der Waals surface area contributed by atoms with Crippen LogP contribution < -0.4 is 4.74 Å². The monoisotopic (exact) mass is 330 g/mol. The molecule has 3 rings (SSSR count). The summed E-state index contributed by atoms with van der Waals surface area (Å²) in [6, 6.07) is 5.93. The number of nitrogens with zero attached hydrogens (tertiary/aromatic N) is 2. The van der Waals surface area contributed by atoms with Crippen molar-refractivity contribution in [2.45, 2.75) is 32.4 Å². The molecule has 0 N–H and O–H groups in total. The highest BCUT2D eigenvalue weighted by molar-refractivity contribution is 5.92. The Balaban J connectivity index is 1.61. The van der Waals surface area contributed by atoms with Crippen molar-refractivity contribution < 1.29 is 18.3 Å². The third-order valence-electron chi connectivity index (χ3n) is 3.84. The maximum atomic E-state index is 13.1. The zero-order valence-electron chi connectivity index (χ0n) is 13.4. The van der Waals surface area contributed by atoms with Gasteiger partial charge in [-0.3, -0.25) is 4.79 Å². The van der Waals surface area contributed by atoms with E-state index >= 15 is 0 Å². The Morgan fingerprint density at radius 2 is 2.38 bits per heavy atom. The van der Waals surface area contributed by atoms with Crippen LogP contribution in [0, 0.1) is 5.82 Å². The van der Waals surface area contributed by atoms with Crippen molar-refractivity contribution in [1.82, 2.24) is 9.88 Å². The molecule has 1 aliphatic rings. The first kappa shape index (κ1) is 16.2. The van der Waals surface area contributed by atoms with Gasteiger partial charge < -0.3 is 14.1 Å². The highest BCUT2D eigenvalue weighted by atomic mass is 19.1. The van der Waals surface area contributed by atoms with Gasteiger partial charge in [-0.1, -0.05) is 31.6 Å². The lowest BCUT2D eigenvalue weighted by Crippen LogP contribution is -2.36. The van der Waals surface area contributed by atoms with Crippen LogP contribution in [0.3, 0.4) is 0 Å². The van der Waals surface area contributed by atoms with Crippen molar-refractivity contribution in [3.63, 3.8) is 0 Å². The minimum Gasteiger partial charge on any atom is -0.484 e. The molecular formula is C18H19FN2O3. The van der Waals surface area contributed by atoms with Gasteiger partial charge in [0.1, 0.15) is 17.8 Å². The van der Waals surface area contributed by atoms with Crippen LogP contribution in [0.1, 0.15) is 36.1 Å². The van der Waals surface area contributed by atoms with Crippen molar-refractivity contribution >= 4 is 5.91 Å². The van der Waals surface area contributed by atoms with E-state index < -0.39 is 0 Å². The minimum atomic E-state index is -0.376. The lowest BCUT2D eigenvalue weighted by molar-refractivity contribution is 0.0738. The first-order valence-electron chi connectivity index (χ1n) is 7.97. The Morgan fingerprint density at radius 3 is 3.17 bits per heavy atom. The number of ether oxygens (including phenoxy) is 1. The van der Waals surface area contributed by atoms with Crippen LogP contribution in [-0.4, -0.2) is 28.4 Å². The van der Waals surface area contributed by atoms with Crippen LogP contribution in [0.15, 0.2) is 47.1 Å². The smallest absolute Gasteiger partial charge is 0.276 e. The van der Waals surface area contributed by atoms with Crippen LogP contribution in [0.5, 0.6) is 5.75 Å². The van der Waals surface area contributed by atoms with Gasteiger partial charge in [0.2, 0.25) is 5.89 Å². The second-order valence-corrected chi connectivity index (χ2v) is 5.61. The maximum Gasteiger partial charge on any atom is 0.276 e. The topological polar surface area (TPSA) is 55.6 Å². The maximum absolute atomic E-state index is 13.1. The number of hydrogen-bond acceptors (Lipinski definition) is 4. The Morgan fingerprint density at radius 1 is 1.50 bits per heavy atom. The van der Waals surface area contributed by atoms with Crippen LogP contribution in [0.4, 0.5) is 4.39 Å². The second kappa shape index (κ2) is 7.29. The van der Waals surface area contributed by atoms with Crippen molar-refractivity contribution in [3.8, 4) is 5.75 Å². The summed E-state index contributed by atoms with van der Waals surface area (Å²) in [6.07, 6.45) is 7.32. The number of hydrogen-bond donors (Lipinski definition) is 0. The average Bonchev–Trinajstić information content (AvgIpc) is 3.22. The van der Waals surface area contributed by atoms with Gasteiger partial charge >= 0.3 is 0 Å². The van der Waals surface area contributed by atoms with Gasteiger partial charge in [-0.2, -0.15) is 0 Å². The van der Waals surface area contributed by atoms with Crippen molar-refractivity contribution in [3.05, 3.63) is 60.1 Å². The molecule has 1 amide bonds. The largest absolute Gasteiger partial charge is 0.484 e. The van der Waals surface area contributed by atoms with E-state index in [4.69, 9.17) is 9.15 Å². The van der Waals surface area contributed by atoms with E-state index in [9.17, 15) is 9.18 Å². The Hall–Kier alpha value is -2.63. The summed E-state index contributed by atoms with van der Waals surface area (Å²) < 4.78 is 23.8. The fourth-order valence-corrected chi connectivity index (χ4v) is 2.68. The van der Waals surface area contributed by atoms with Crippen LogP contribution >= 0.6 is 0 Å². The second-order valence-electron chi connectivity index (χ2n) is 5.61. The number of amides is 1. The standard InChI is InChI=1S/C18H19FN2O3/c1-2-5-14-7-4-9-21(14)18(22)16-11-24-17(20-16)12-23-15-8-3-6-13(19)10-15/h3-4,6-8,10-11,14H,2,5,9,12H2,1H3/t14-/m1/s1. The SMILES string of the molecule is CCC[C@@H]1C=CCN1C(=O)c1coc(COc2cccc(F)c2)n1. The predicted octanol–water partition coefficient (Wildman–Crippen LogP) is 3.57. The van der Waals surface area contributed by atoms with Gasteiger partial charge in [0.05, 0.1) is 6.04 Å². The molecular weight excluding hydrogens is 311 g/mol. The molecule has 1 aromatic carbocycles. The lowest BCUT2D eigenvalue weighted by Gasteiger charge is -2.23. The summed E-state index contributed by atoms with van der Waals surface area (Å²) in [5.74, 6) is 0.133. The molecule has 2 heterocycles. The molecule has 0 saturated carbocycles. The number of halogens is 1. The van der Waals surface area contributed by atoms with Gasteiger partial charge in [-0.05, 0) is 18.6 Å². The predicted molar refractivity (Wildman–Crippen MR) is 86.1 cm³/mol. The average molecular weight is 330 g/mol. The van der Waals surface area contributed by atoms with Crippen molar-refractivity contribution in [2.75, 3.05) is 6.54 Å². The van der Waals surface area contributed by atoms with E-state index in [-0.39, 0.29) is 36.0 Å². The zero-order valence-corrected chi connectivity index (χ0v) is 13.4. The summed E-state index contributed by atoms with van der Waals surface area (Å²) in [6.45, 7) is 2.71. The molecule has 0 spiro atoms. The summed E-state index contributed by atoms with van der Waals surface area (Å²) >= 11 is 0. The van der Waals surface area contributed by atoms with Gasteiger partial charge in [0.15, 0.2) is 12.3 Å². The first-order chi connectivity index (χ1) is 11.7. The fourth-order valence-electron chi connectivity index (χ4n) is 2.68. The summed E-state index contributed by atoms with van der Waals surface area (Å²) in [7, 11) is 0. The van der Waals surface area contributed by atoms with E-state index in [1.807, 2.05) is 6.08 Å². The molecule has 5 nitrogen and oxygen atoms in total. The first-order valence-corrected chi connectivity index (χ1v) is 7.97. The van der Waals surface area contributed by atoms with Crippen LogP contribution in [0.25, 0.3) is 0 Å². The Kier molecular flexibility index (Phi) is 4.93.